The topological polar surface area (TPSA) is 99.1 Å². The molecule has 1 aromatic heterocycles. The van der Waals surface area contributed by atoms with Crippen LogP contribution in [0.1, 0.15) is 11.3 Å². The normalized spacial score (nSPS) is 11.7. The molecular weight excluding hydrogens is 282 g/mol. The van der Waals surface area contributed by atoms with Gasteiger partial charge in [-0.05, 0) is 41.4 Å². The average molecular weight is 294 g/mol. The Morgan fingerprint density at radius 1 is 1.53 bits per heavy atom. The fourth-order valence-corrected chi connectivity index (χ4v) is 3.02. The van der Waals surface area contributed by atoms with E-state index in [9.17, 15) is 8.42 Å². The lowest BCUT2D eigenvalue weighted by Gasteiger charge is -2.10. The molecule has 0 aliphatic carbocycles. The van der Waals surface area contributed by atoms with Crippen LogP contribution in [0.25, 0.3) is 0 Å². The van der Waals surface area contributed by atoms with Crippen molar-refractivity contribution in [2.45, 2.75) is 18.2 Å². The standard InChI is InChI=1S/C8H12BrN3O2S/c1-5-8(15(11,13)14)6(2-3-10)7(9)4-12-5/h4H,2-3,10H2,1H3,(H2,11,13,14). The summed E-state index contributed by atoms with van der Waals surface area (Å²) in [6, 6.07) is 0. The molecule has 4 N–H and O–H groups in total. The first-order valence-corrected chi connectivity index (χ1v) is 6.58. The predicted molar refractivity (Wildman–Crippen MR) is 60.8 cm³/mol. The minimum Gasteiger partial charge on any atom is -0.330 e. The number of pyridine rings is 1. The summed E-state index contributed by atoms with van der Waals surface area (Å²) in [6.07, 6.45) is 1.99. The molecular formula is C8H12BrN3O2S. The van der Waals surface area contributed by atoms with Crippen molar-refractivity contribution in [2.75, 3.05) is 6.54 Å². The van der Waals surface area contributed by atoms with E-state index in [0.717, 1.165) is 0 Å². The van der Waals surface area contributed by atoms with Gasteiger partial charge in [-0.25, -0.2) is 13.6 Å². The zero-order chi connectivity index (χ0) is 11.6. The molecule has 1 aromatic rings. The van der Waals surface area contributed by atoms with Gasteiger partial charge in [0, 0.05) is 10.7 Å². The second kappa shape index (κ2) is 4.56. The van der Waals surface area contributed by atoms with E-state index in [0.29, 0.717) is 28.7 Å². The fraction of sp³-hybridized carbons (Fsp3) is 0.375. The van der Waals surface area contributed by atoms with Crippen LogP contribution in [0.4, 0.5) is 0 Å². The number of hydrogen-bond acceptors (Lipinski definition) is 4. The van der Waals surface area contributed by atoms with Gasteiger partial charge in [0.05, 0.1) is 5.69 Å². The number of rotatable bonds is 3. The van der Waals surface area contributed by atoms with Gasteiger partial charge in [-0.3, -0.25) is 4.98 Å². The van der Waals surface area contributed by atoms with Crippen LogP contribution < -0.4 is 10.9 Å². The van der Waals surface area contributed by atoms with E-state index in [4.69, 9.17) is 10.9 Å². The van der Waals surface area contributed by atoms with E-state index < -0.39 is 10.0 Å². The molecule has 0 bridgehead atoms. The number of nitrogens with zero attached hydrogens (tertiary/aromatic N) is 1. The van der Waals surface area contributed by atoms with E-state index in [1.807, 2.05) is 0 Å². The highest BCUT2D eigenvalue weighted by atomic mass is 79.9. The SMILES string of the molecule is Cc1ncc(Br)c(CCN)c1S(N)(=O)=O. The van der Waals surface area contributed by atoms with Crippen LogP contribution in [0.3, 0.4) is 0 Å². The number of aryl methyl sites for hydroxylation is 1. The van der Waals surface area contributed by atoms with Crippen LogP contribution in [-0.4, -0.2) is 19.9 Å². The quantitative estimate of drug-likeness (QED) is 0.837. The van der Waals surface area contributed by atoms with Crippen LogP contribution >= 0.6 is 15.9 Å². The van der Waals surface area contributed by atoms with Crippen molar-refractivity contribution in [3.8, 4) is 0 Å². The third-order valence-electron chi connectivity index (χ3n) is 1.94. The number of nitrogens with two attached hydrogens (primary N) is 2. The molecule has 0 atom stereocenters. The van der Waals surface area contributed by atoms with Crippen molar-refractivity contribution in [3.05, 3.63) is 21.9 Å². The molecule has 0 unspecified atom stereocenters. The van der Waals surface area contributed by atoms with E-state index in [1.165, 1.54) is 0 Å². The van der Waals surface area contributed by atoms with E-state index in [-0.39, 0.29) is 4.90 Å². The van der Waals surface area contributed by atoms with Crippen molar-refractivity contribution in [2.24, 2.45) is 10.9 Å². The van der Waals surface area contributed by atoms with Gasteiger partial charge in [0.2, 0.25) is 10.0 Å². The van der Waals surface area contributed by atoms with E-state index >= 15 is 0 Å². The second-order valence-electron chi connectivity index (χ2n) is 3.08. The molecule has 5 nitrogen and oxygen atoms in total. The molecule has 0 spiro atoms. The molecule has 0 aromatic carbocycles. The predicted octanol–water partition coefficient (Wildman–Crippen LogP) is 0.301. The Hall–Kier alpha value is -0.500. The molecule has 7 heteroatoms. The first kappa shape index (κ1) is 12.6. The van der Waals surface area contributed by atoms with Crippen LogP contribution in [0.2, 0.25) is 0 Å². The lowest BCUT2D eigenvalue weighted by atomic mass is 10.2. The van der Waals surface area contributed by atoms with Gasteiger partial charge in [0.25, 0.3) is 0 Å². The Bertz CT molecular complexity index is 473. The third kappa shape index (κ3) is 2.75. The molecule has 15 heavy (non-hydrogen) atoms. The van der Waals surface area contributed by atoms with Crippen LogP contribution in [0.15, 0.2) is 15.6 Å². The first-order valence-electron chi connectivity index (χ1n) is 4.24. The molecule has 0 radical (unpaired) electrons. The molecule has 0 amide bonds. The Morgan fingerprint density at radius 2 is 2.13 bits per heavy atom. The summed E-state index contributed by atoms with van der Waals surface area (Å²) in [5.41, 5.74) is 6.40. The largest absolute Gasteiger partial charge is 0.330 e. The molecule has 0 saturated heterocycles. The molecule has 0 saturated carbocycles. The maximum Gasteiger partial charge on any atom is 0.240 e. The zero-order valence-electron chi connectivity index (χ0n) is 8.20. The summed E-state index contributed by atoms with van der Waals surface area (Å²) in [4.78, 5) is 4.01. The van der Waals surface area contributed by atoms with Crippen LogP contribution in [0, 0.1) is 6.92 Å². The average Bonchev–Trinajstić information content (AvgIpc) is 2.09. The number of halogens is 1. The lowest BCUT2D eigenvalue weighted by molar-refractivity contribution is 0.595. The van der Waals surface area contributed by atoms with Gasteiger partial charge >= 0.3 is 0 Å². The first-order chi connectivity index (χ1) is 6.88. The summed E-state index contributed by atoms with van der Waals surface area (Å²) in [7, 11) is -3.76. The van der Waals surface area contributed by atoms with Gasteiger partial charge in [-0.2, -0.15) is 0 Å². The van der Waals surface area contributed by atoms with Crippen molar-refractivity contribution >= 4 is 26.0 Å². The smallest absolute Gasteiger partial charge is 0.240 e. The third-order valence-corrected chi connectivity index (χ3v) is 3.74. The van der Waals surface area contributed by atoms with E-state index in [1.54, 1.807) is 13.1 Å². The maximum atomic E-state index is 11.4. The highest BCUT2D eigenvalue weighted by molar-refractivity contribution is 9.10. The van der Waals surface area contributed by atoms with Crippen LogP contribution in [0.5, 0.6) is 0 Å². The highest BCUT2D eigenvalue weighted by Gasteiger charge is 2.19. The molecule has 0 aliphatic rings. The molecule has 84 valence electrons. The van der Waals surface area contributed by atoms with Gasteiger partial charge in [0.15, 0.2) is 0 Å². The van der Waals surface area contributed by atoms with E-state index in [2.05, 4.69) is 20.9 Å². The number of aromatic nitrogens is 1. The summed E-state index contributed by atoms with van der Waals surface area (Å²) in [5, 5.41) is 5.13. The Kier molecular flexibility index (Phi) is 3.82. The highest BCUT2D eigenvalue weighted by Crippen LogP contribution is 2.25. The molecule has 0 aliphatic heterocycles. The van der Waals surface area contributed by atoms with Crippen molar-refractivity contribution < 1.29 is 8.42 Å². The summed E-state index contributed by atoms with van der Waals surface area (Å²) >= 11 is 3.24. The van der Waals surface area contributed by atoms with Crippen LogP contribution in [-0.2, 0) is 16.4 Å². The van der Waals surface area contributed by atoms with Crippen molar-refractivity contribution in [1.29, 1.82) is 0 Å². The summed E-state index contributed by atoms with van der Waals surface area (Å²) < 4.78 is 23.4. The Labute approximate surface area is 97.1 Å². The second-order valence-corrected chi connectivity index (χ2v) is 5.44. The Morgan fingerprint density at radius 3 is 2.60 bits per heavy atom. The van der Waals surface area contributed by atoms with Crippen molar-refractivity contribution in [1.82, 2.24) is 4.98 Å². The number of primary sulfonamides is 1. The fourth-order valence-electron chi connectivity index (χ4n) is 1.37. The van der Waals surface area contributed by atoms with Crippen molar-refractivity contribution in [3.63, 3.8) is 0 Å². The molecule has 1 rings (SSSR count). The number of sulfonamides is 1. The lowest BCUT2D eigenvalue weighted by Crippen LogP contribution is -2.19. The molecule has 1 heterocycles. The van der Waals surface area contributed by atoms with Gasteiger partial charge in [0.1, 0.15) is 4.90 Å². The minimum atomic E-state index is -3.76. The maximum absolute atomic E-state index is 11.4. The van der Waals surface area contributed by atoms with Gasteiger partial charge in [-0.1, -0.05) is 0 Å². The summed E-state index contributed by atoms with van der Waals surface area (Å²) in [5.74, 6) is 0. The summed E-state index contributed by atoms with van der Waals surface area (Å²) in [6.45, 7) is 1.96. The number of hydrogen-bond donors (Lipinski definition) is 2. The molecule has 0 fully saturated rings. The minimum absolute atomic E-state index is 0.0716. The zero-order valence-corrected chi connectivity index (χ0v) is 10.6. The Balaban J connectivity index is 3.53. The van der Waals surface area contributed by atoms with Gasteiger partial charge in [-0.15, -0.1) is 0 Å². The monoisotopic (exact) mass is 293 g/mol. The van der Waals surface area contributed by atoms with Gasteiger partial charge < -0.3 is 5.73 Å².